The summed E-state index contributed by atoms with van der Waals surface area (Å²) in [6.45, 7) is 2.47. The van der Waals surface area contributed by atoms with E-state index in [1.807, 2.05) is 55.5 Å². The zero-order valence-electron chi connectivity index (χ0n) is 13.0. The Morgan fingerprint density at radius 2 is 1.96 bits per heavy atom. The zero-order valence-corrected chi connectivity index (χ0v) is 14.6. The van der Waals surface area contributed by atoms with Crippen LogP contribution in [0.25, 0.3) is 11.3 Å². The Bertz CT molecular complexity index is 845. The van der Waals surface area contributed by atoms with Crippen LogP contribution in [0.3, 0.4) is 0 Å². The lowest BCUT2D eigenvalue weighted by molar-refractivity contribution is 0.516. The zero-order chi connectivity index (χ0) is 16.9. The number of pyridine rings is 1. The van der Waals surface area contributed by atoms with Crippen LogP contribution in [0.2, 0.25) is 5.02 Å². The van der Waals surface area contributed by atoms with Crippen LogP contribution < -0.4 is 10.6 Å². The van der Waals surface area contributed by atoms with Gasteiger partial charge in [-0.3, -0.25) is 0 Å². The van der Waals surface area contributed by atoms with E-state index < -0.39 is 0 Å². The number of anilines is 1. The van der Waals surface area contributed by atoms with Gasteiger partial charge in [-0.05, 0) is 67.2 Å². The summed E-state index contributed by atoms with van der Waals surface area (Å²) in [5.41, 5.74) is 2.01. The number of hydrogen-bond donors (Lipinski definition) is 2. The quantitative estimate of drug-likeness (QED) is 0.657. The summed E-state index contributed by atoms with van der Waals surface area (Å²) in [5, 5.41) is 7.40. The van der Waals surface area contributed by atoms with Gasteiger partial charge in [-0.25, -0.2) is 4.98 Å². The minimum atomic E-state index is 0.491. The smallest absolute Gasteiger partial charge is 0.172 e. The molecule has 0 unspecified atom stereocenters. The minimum absolute atomic E-state index is 0.491. The van der Waals surface area contributed by atoms with Crippen molar-refractivity contribution in [3.8, 4) is 11.3 Å². The molecule has 0 aliphatic carbocycles. The van der Waals surface area contributed by atoms with Crippen molar-refractivity contribution in [3.05, 3.63) is 71.1 Å². The molecular formula is C18H16ClN3OS. The Morgan fingerprint density at radius 3 is 2.71 bits per heavy atom. The molecule has 0 bridgehead atoms. The fraction of sp³-hybridized carbons (Fsp3) is 0.111. The van der Waals surface area contributed by atoms with E-state index in [2.05, 4.69) is 15.6 Å². The van der Waals surface area contributed by atoms with Crippen molar-refractivity contribution in [2.45, 2.75) is 13.5 Å². The lowest BCUT2D eigenvalue weighted by Crippen LogP contribution is -2.28. The highest BCUT2D eigenvalue weighted by molar-refractivity contribution is 7.80. The number of hydrogen-bond acceptors (Lipinski definition) is 3. The van der Waals surface area contributed by atoms with Crippen LogP contribution in [0.5, 0.6) is 0 Å². The van der Waals surface area contributed by atoms with Gasteiger partial charge in [0.25, 0.3) is 0 Å². The maximum atomic E-state index is 5.90. The molecule has 24 heavy (non-hydrogen) atoms. The second-order valence-corrected chi connectivity index (χ2v) is 6.09. The molecule has 2 N–H and O–H groups in total. The molecule has 6 heteroatoms. The van der Waals surface area contributed by atoms with Crippen LogP contribution in [0.4, 0.5) is 5.82 Å². The molecule has 2 aromatic heterocycles. The largest absolute Gasteiger partial charge is 0.459 e. The van der Waals surface area contributed by atoms with Crippen LogP contribution in [0.1, 0.15) is 11.3 Å². The molecule has 0 amide bonds. The second-order valence-electron chi connectivity index (χ2n) is 5.25. The van der Waals surface area contributed by atoms with Gasteiger partial charge in [-0.2, -0.15) is 0 Å². The van der Waals surface area contributed by atoms with Gasteiger partial charge in [0.1, 0.15) is 17.3 Å². The van der Waals surface area contributed by atoms with E-state index in [0.29, 0.717) is 16.7 Å². The Labute approximate surface area is 150 Å². The van der Waals surface area contributed by atoms with E-state index in [1.54, 1.807) is 6.20 Å². The molecule has 4 nitrogen and oxygen atoms in total. The number of aromatic nitrogens is 1. The van der Waals surface area contributed by atoms with Crippen LogP contribution in [-0.4, -0.2) is 10.1 Å². The molecule has 0 saturated carbocycles. The first-order valence-corrected chi connectivity index (χ1v) is 8.21. The fourth-order valence-electron chi connectivity index (χ4n) is 2.18. The van der Waals surface area contributed by atoms with E-state index in [4.69, 9.17) is 28.2 Å². The number of nitrogens with one attached hydrogen (secondary N) is 2. The van der Waals surface area contributed by atoms with E-state index in [1.165, 1.54) is 0 Å². The van der Waals surface area contributed by atoms with Gasteiger partial charge in [0.2, 0.25) is 0 Å². The first-order chi connectivity index (χ1) is 11.6. The average Bonchev–Trinajstić information content (AvgIpc) is 3.05. The monoisotopic (exact) mass is 357 g/mol. The summed E-state index contributed by atoms with van der Waals surface area (Å²) < 4.78 is 5.83. The summed E-state index contributed by atoms with van der Waals surface area (Å²) in [4.78, 5) is 4.25. The van der Waals surface area contributed by atoms with Crippen LogP contribution in [-0.2, 0) is 6.54 Å². The average molecular weight is 358 g/mol. The minimum Gasteiger partial charge on any atom is -0.459 e. The molecule has 3 aromatic rings. The topological polar surface area (TPSA) is 50.1 Å². The fourth-order valence-corrected chi connectivity index (χ4v) is 2.47. The molecule has 0 atom stereocenters. The summed E-state index contributed by atoms with van der Waals surface area (Å²) >= 11 is 11.2. The first kappa shape index (κ1) is 16.5. The predicted molar refractivity (Wildman–Crippen MR) is 101 cm³/mol. The van der Waals surface area contributed by atoms with Gasteiger partial charge < -0.3 is 15.1 Å². The van der Waals surface area contributed by atoms with Crippen molar-refractivity contribution in [1.29, 1.82) is 0 Å². The van der Waals surface area contributed by atoms with E-state index in [0.717, 1.165) is 28.5 Å². The first-order valence-electron chi connectivity index (χ1n) is 7.43. The third kappa shape index (κ3) is 4.13. The number of aryl methyl sites for hydroxylation is 1. The third-order valence-electron chi connectivity index (χ3n) is 3.45. The molecule has 0 saturated heterocycles. The molecule has 0 aliphatic rings. The molecule has 3 rings (SSSR count). The second kappa shape index (κ2) is 7.47. The Hall–Kier alpha value is -2.37. The number of furan rings is 1. The number of nitrogens with zero attached hydrogens (tertiary/aromatic N) is 1. The number of benzene rings is 1. The third-order valence-corrected chi connectivity index (χ3v) is 3.95. The molecular weight excluding hydrogens is 342 g/mol. The van der Waals surface area contributed by atoms with Gasteiger partial charge in [0.05, 0.1) is 6.54 Å². The van der Waals surface area contributed by atoms with Crippen LogP contribution in [0, 0.1) is 6.92 Å². The van der Waals surface area contributed by atoms with E-state index in [9.17, 15) is 0 Å². The highest BCUT2D eigenvalue weighted by atomic mass is 35.5. The van der Waals surface area contributed by atoms with Crippen molar-refractivity contribution in [2.75, 3.05) is 5.32 Å². The van der Waals surface area contributed by atoms with Crippen molar-refractivity contribution in [3.63, 3.8) is 0 Å². The lowest BCUT2D eigenvalue weighted by atomic mass is 10.2. The van der Waals surface area contributed by atoms with Gasteiger partial charge >= 0.3 is 0 Å². The molecule has 0 fully saturated rings. The van der Waals surface area contributed by atoms with Gasteiger partial charge in [-0.15, -0.1) is 0 Å². The lowest BCUT2D eigenvalue weighted by Gasteiger charge is -2.10. The summed E-state index contributed by atoms with van der Waals surface area (Å²) in [6, 6.07) is 15.2. The molecule has 1 aromatic carbocycles. The maximum Gasteiger partial charge on any atom is 0.172 e. The van der Waals surface area contributed by atoms with Crippen molar-refractivity contribution in [2.24, 2.45) is 0 Å². The Kier molecular flexibility index (Phi) is 5.13. The number of thiocarbonyl (C=S) groups is 1. The Morgan fingerprint density at radius 1 is 1.17 bits per heavy atom. The van der Waals surface area contributed by atoms with Gasteiger partial charge in [0, 0.05) is 16.8 Å². The molecule has 0 radical (unpaired) electrons. The number of rotatable bonds is 4. The van der Waals surface area contributed by atoms with Crippen molar-refractivity contribution in [1.82, 2.24) is 10.3 Å². The summed E-state index contributed by atoms with van der Waals surface area (Å²) in [6.07, 6.45) is 1.73. The van der Waals surface area contributed by atoms with Crippen molar-refractivity contribution >= 4 is 34.7 Å². The standard InChI is InChI=1S/C18H16ClN3OS/c1-12-3-2-10-20-17(12)22-18(24)21-11-15-8-9-16(23-15)13-4-6-14(19)7-5-13/h2-10H,11H2,1H3,(H2,20,21,22,24). The van der Waals surface area contributed by atoms with Gasteiger partial charge in [0.15, 0.2) is 5.11 Å². The van der Waals surface area contributed by atoms with E-state index in [-0.39, 0.29) is 0 Å². The van der Waals surface area contributed by atoms with Gasteiger partial charge in [-0.1, -0.05) is 17.7 Å². The van der Waals surface area contributed by atoms with Crippen LogP contribution >= 0.6 is 23.8 Å². The predicted octanol–water partition coefficient (Wildman–Crippen LogP) is 4.79. The molecule has 2 heterocycles. The molecule has 0 spiro atoms. The maximum absolute atomic E-state index is 5.90. The van der Waals surface area contributed by atoms with Crippen molar-refractivity contribution < 1.29 is 4.42 Å². The number of halogens is 1. The summed E-state index contributed by atoms with van der Waals surface area (Å²) in [5.74, 6) is 2.33. The Balaban J connectivity index is 1.58. The molecule has 122 valence electrons. The summed E-state index contributed by atoms with van der Waals surface area (Å²) in [7, 11) is 0. The van der Waals surface area contributed by atoms with Crippen LogP contribution in [0.15, 0.2) is 59.1 Å². The highest BCUT2D eigenvalue weighted by Crippen LogP contribution is 2.23. The normalized spacial score (nSPS) is 10.4. The van der Waals surface area contributed by atoms with E-state index >= 15 is 0 Å². The highest BCUT2D eigenvalue weighted by Gasteiger charge is 2.06. The molecule has 0 aliphatic heterocycles. The SMILES string of the molecule is Cc1cccnc1NC(=S)NCc1ccc(-c2ccc(Cl)cc2)o1.